The average Bonchev–Trinajstić information content (AvgIpc) is 2.94. The summed E-state index contributed by atoms with van der Waals surface area (Å²) in [7, 11) is 0. The number of nitrogens with zero attached hydrogens (tertiary/aromatic N) is 3. The molecule has 0 aliphatic heterocycles. The Morgan fingerprint density at radius 2 is 1.86 bits per heavy atom. The topological polar surface area (TPSA) is 128 Å². The molecular weight excluding hydrogens is 312 g/mol. The van der Waals surface area contributed by atoms with Gasteiger partial charge in [-0.05, 0) is 35.1 Å². The van der Waals surface area contributed by atoms with Gasteiger partial charge < -0.3 is 0 Å². The predicted molar refractivity (Wildman–Crippen MR) is 79.5 cm³/mol. The molecule has 0 saturated carbocycles. The van der Waals surface area contributed by atoms with Crippen molar-refractivity contribution < 1.29 is 14.6 Å². The fourth-order valence-electron chi connectivity index (χ4n) is 1.43. The smallest absolute Gasteiger partial charge is 0.298 e. The van der Waals surface area contributed by atoms with Crippen molar-refractivity contribution in [3.63, 3.8) is 0 Å². The molecule has 0 bridgehead atoms. The van der Waals surface area contributed by atoms with Gasteiger partial charge in [-0.15, -0.1) is 0 Å². The van der Waals surface area contributed by atoms with Crippen molar-refractivity contribution in [2.24, 2.45) is 0 Å². The molecule has 22 heavy (non-hydrogen) atoms. The van der Waals surface area contributed by atoms with Crippen molar-refractivity contribution in [3.05, 3.63) is 62.3 Å². The van der Waals surface area contributed by atoms with Crippen LogP contribution < -0.4 is 5.32 Å². The fourth-order valence-corrected chi connectivity index (χ4v) is 2.07. The summed E-state index contributed by atoms with van der Waals surface area (Å²) in [6.07, 6.45) is 3.72. The highest BCUT2D eigenvalue weighted by molar-refractivity contribution is 7.18. The monoisotopic (exact) mass is 320 g/mol. The number of carbonyl (C=O) groups excluding carboxylic acids is 1. The third-order valence-corrected chi connectivity index (χ3v) is 3.30. The number of amides is 1. The molecule has 112 valence electrons. The number of carbonyl (C=O) groups is 1. The van der Waals surface area contributed by atoms with E-state index in [1.165, 1.54) is 36.4 Å². The SMILES string of the molecule is O=C(C=Cc1ccc([N+](=O)[O-])cc1)Nc1ncc([N+](=O)[O-])s1. The molecule has 2 rings (SSSR count). The number of hydrogen-bond acceptors (Lipinski definition) is 7. The van der Waals surface area contributed by atoms with Crippen LogP contribution in [0, 0.1) is 20.2 Å². The molecule has 0 unspecified atom stereocenters. The van der Waals surface area contributed by atoms with Gasteiger partial charge >= 0.3 is 5.00 Å². The molecule has 0 aliphatic carbocycles. The Hall–Kier alpha value is -3.14. The maximum absolute atomic E-state index is 11.6. The summed E-state index contributed by atoms with van der Waals surface area (Å²) in [4.78, 5) is 35.2. The van der Waals surface area contributed by atoms with Crippen molar-refractivity contribution in [3.8, 4) is 0 Å². The van der Waals surface area contributed by atoms with Crippen LogP contribution in [0.25, 0.3) is 6.08 Å². The minimum absolute atomic E-state index is 0.0447. The molecule has 10 heteroatoms. The fraction of sp³-hybridized carbons (Fsp3) is 0. The number of nitro groups is 2. The highest BCUT2D eigenvalue weighted by Crippen LogP contribution is 2.24. The maximum atomic E-state index is 11.6. The molecule has 1 aromatic heterocycles. The largest absolute Gasteiger partial charge is 0.345 e. The molecule has 0 aliphatic rings. The number of thiazole rings is 1. The summed E-state index contributed by atoms with van der Waals surface area (Å²) in [6, 6.07) is 5.63. The van der Waals surface area contributed by atoms with Gasteiger partial charge in [-0.1, -0.05) is 0 Å². The van der Waals surface area contributed by atoms with E-state index < -0.39 is 15.8 Å². The Morgan fingerprint density at radius 3 is 2.41 bits per heavy atom. The van der Waals surface area contributed by atoms with Gasteiger partial charge in [0.15, 0.2) is 5.13 Å². The summed E-state index contributed by atoms with van der Waals surface area (Å²) in [5.74, 6) is -0.511. The van der Waals surface area contributed by atoms with Crippen molar-refractivity contribution >= 4 is 39.1 Å². The van der Waals surface area contributed by atoms with E-state index >= 15 is 0 Å². The van der Waals surface area contributed by atoms with Gasteiger partial charge in [0.1, 0.15) is 6.20 Å². The van der Waals surface area contributed by atoms with Gasteiger partial charge in [0.05, 0.1) is 9.85 Å². The van der Waals surface area contributed by atoms with E-state index in [1.54, 1.807) is 0 Å². The summed E-state index contributed by atoms with van der Waals surface area (Å²) >= 11 is 0.745. The van der Waals surface area contributed by atoms with Gasteiger partial charge in [0.25, 0.3) is 5.69 Å². The summed E-state index contributed by atoms with van der Waals surface area (Å²) in [5.41, 5.74) is 0.558. The first kappa shape index (κ1) is 15.3. The Kier molecular flexibility index (Phi) is 4.53. The van der Waals surface area contributed by atoms with Crippen LogP contribution in [-0.2, 0) is 4.79 Å². The van der Waals surface area contributed by atoms with Crippen LogP contribution in [0.2, 0.25) is 0 Å². The second kappa shape index (κ2) is 6.54. The van der Waals surface area contributed by atoms with E-state index in [1.807, 2.05) is 0 Å². The lowest BCUT2D eigenvalue weighted by atomic mass is 10.2. The second-order valence-corrected chi connectivity index (χ2v) is 4.94. The molecule has 1 N–H and O–H groups in total. The Bertz CT molecular complexity index is 753. The highest BCUT2D eigenvalue weighted by Gasteiger charge is 2.12. The number of nitro benzene ring substituents is 1. The Labute approximate surface area is 127 Å². The van der Waals surface area contributed by atoms with Crippen molar-refractivity contribution in [2.45, 2.75) is 0 Å². The van der Waals surface area contributed by atoms with E-state index in [0.29, 0.717) is 5.56 Å². The Balaban J connectivity index is 1.98. The van der Waals surface area contributed by atoms with Crippen LogP contribution in [0.1, 0.15) is 5.56 Å². The quantitative estimate of drug-likeness (QED) is 0.512. The molecule has 1 heterocycles. The molecule has 0 fully saturated rings. The lowest BCUT2D eigenvalue weighted by Crippen LogP contribution is -2.07. The molecule has 2 aromatic rings. The second-order valence-electron chi connectivity index (χ2n) is 3.93. The minimum Gasteiger partial charge on any atom is -0.298 e. The number of rotatable bonds is 5. The highest BCUT2D eigenvalue weighted by atomic mass is 32.1. The van der Waals surface area contributed by atoms with E-state index in [-0.39, 0.29) is 15.8 Å². The van der Waals surface area contributed by atoms with E-state index in [0.717, 1.165) is 17.5 Å². The van der Waals surface area contributed by atoms with Crippen LogP contribution in [0.15, 0.2) is 36.5 Å². The molecule has 0 atom stereocenters. The molecule has 1 aromatic carbocycles. The van der Waals surface area contributed by atoms with Gasteiger partial charge in [0.2, 0.25) is 5.91 Å². The standard InChI is InChI=1S/C12H8N4O5S/c17-10(14-12-13-7-11(22-12)16(20)21)6-3-8-1-4-9(5-2-8)15(18)19/h1-7H,(H,13,14,17). The minimum atomic E-state index is -0.597. The van der Waals surface area contributed by atoms with Crippen LogP contribution in [-0.4, -0.2) is 20.7 Å². The number of non-ortho nitro benzene ring substituents is 1. The predicted octanol–water partition coefficient (Wildman–Crippen LogP) is 2.61. The maximum Gasteiger partial charge on any atom is 0.345 e. The van der Waals surface area contributed by atoms with E-state index in [2.05, 4.69) is 10.3 Å². The number of benzene rings is 1. The van der Waals surface area contributed by atoms with Crippen LogP contribution in [0.4, 0.5) is 15.8 Å². The first-order valence-corrected chi connectivity index (χ1v) is 6.61. The zero-order chi connectivity index (χ0) is 16.1. The van der Waals surface area contributed by atoms with Crippen LogP contribution in [0.5, 0.6) is 0 Å². The Morgan fingerprint density at radius 1 is 1.18 bits per heavy atom. The van der Waals surface area contributed by atoms with Gasteiger partial charge in [-0.2, -0.15) is 0 Å². The third kappa shape index (κ3) is 3.93. The number of aromatic nitrogens is 1. The third-order valence-electron chi connectivity index (χ3n) is 2.43. The first-order chi connectivity index (χ1) is 10.5. The van der Waals surface area contributed by atoms with Crippen molar-refractivity contribution in [2.75, 3.05) is 5.32 Å². The summed E-state index contributed by atoms with van der Waals surface area (Å²) in [6.45, 7) is 0. The number of hydrogen-bond donors (Lipinski definition) is 1. The first-order valence-electron chi connectivity index (χ1n) is 5.79. The molecule has 9 nitrogen and oxygen atoms in total. The zero-order valence-corrected chi connectivity index (χ0v) is 11.6. The molecule has 1 amide bonds. The molecule has 0 spiro atoms. The number of nitrogens with one attached hydrogen (secondary N) is 1. The molecule has 0 saturated heterocycles. The number of anilines is 1. The van der Waals surface area contributed by atoms with Crippen molar-refractivity contribution in [1.82, 2.24) is 4.98 Å². The summed E-state index contributed by atoms with van der Waals surface area (Å²) < 4.78 is 0. The zero-order valence-electron chi connectivity index (χ0n) is 10.8. The van der Waals surface area contributed by atoms with Crippen LogP contribution >= 0.6 is 11.3 Å². The van der Waals surface area contributed by atoms with Gasteiger partial charge in [-0.25, -0.2) is 4.98 Å². The van der Waals surface area contributed by atoms with E-state index in [4.69, 9.17) is 0 Å². The average molecular weight is 320 g/mol. The molecule has 0 radical (unpaired) electrons. The van der Waals surface area contributed by atoms with Gasteiger partial charge in [0, 0.05) is 18.2 Å². The van der Waals surface area contributed by atoms with Crippen molar-refractivity contribution in [1.29, 1.82) is 0 Å². The normalized spacial score (nSPS) is 10.5. The summed E-state index contributed by atoms with van der Waals surface area (Å²) in [5, 5.41) is 23.3. The van der Waals surface area contributed by atoms with Crippen LogP contribution in [0.3, 0.4) is 0 Å². The van der Waals surface area contributed by atoms with Gasteiger partial charge in [-0.3, -0.25) is 30.3 Å². The lowest BCUT2D eigenvalue weighted by Gasteiger charge is -1.96. The van der Waals surface area contributed by atoms with E-state index in [9.17, 15) is 25.0 Å². The lowest BCUT2D eigenvalue weighted by molar-refractivity contribution is -0.384. The molecular formula is C12H8N4O5S.